The molecular weight excluding hydrogens is 392 g/mol. The summed E-state index contributed by atoms with van der Waals surface area (Å²) in [5.41, 5.74) is 1.20. The highest BCUT2D eigenvalue weighted by molar-refractivity contribution is 7.89. The van der Waals surface area contributed by atoms with Crippen molar-refractivity contribution in [1.82, 2.24) is 9.97 Å². The second-order valence-electron chi connectivity index (χ2n) is 7.43. The predicted molar refractivity (Wildman–Crippen MR) is 111 cm³/mol. The molecule has 154 valence electrons. The van der Waals surface area contributed by atoms with Gasteiger partial charge in [-0.2, -0.15) is 4.98 Å². The van der Waals surface area contributed by atoms with Crippen molar-refractivity contribution in [3.63, 3.8) is 0 Å². The van der Waals surface area contributed by atoms with Gasteiger partial charge < -0.3 is 15.1 Å². The van der Waals surface area contributed by atoms with Gasteiger partial charge in [-0.1, -0.05) is 18.9 Å². The number of carbonyl (C=O) groups excluding carboxylic acids is 1. The Morgan fingerprint density at radius 3 is 2.72 bits per heavy atom. The van der Waals surface area contributed by atoms with E-state index in [-0.39, 0.29) is 10.8 Å². The topological polar surface area (TPSA) is 122 Å². The van der Waals surface area contributed by atoms with E-state index in [1.165, 1.54) is 25.0 Å². The number of carbonyl (C=O) groups is 1. The Morgan fingerprint density at radius 1 is 1.24 bits per heavy atom. The highest BCUT2D eigenvalue weighted by atomic mass is 32.2. The quantitative estimate of drug-likeness (QED) is 0.781. The van der Waals surface area contributed by atoms with Crippen molar-refractivity contribution >= 4 is 39.1 Å². The molecule has 10 heteroatoms. The van der Waals surface area contributed by atoms with Crippen molar-refractivity contribution in [2.45, 2.75) is 43.0 Å². The lowest BCUT2D eigenvalue weighted by atomic mass is 10.2. The van der Waals surface area contributed by atoms with Gasteiger partial charge in [0.2, 0.25) is 21.9 Å². The number of hydrogen-bond donors (Lipinski definition) is 2. The zero-order valence-electron chi connectivity index (χ0n) is 16.2. The van der Waals surface area contributed by atoms with Crippen LogP contribution in [0.1, 0.15) is 32.1 Å². The minimum atomic E-state index is -3.80. The Hall–Kier alpha value is -2.72. The number of primary sulfonamides is 1. The maximum Gasteiger partial charge on any atom is 0.238 e. The number of hydrogen-bond acceptors (Lipinski definition) is 7. The number of nitrogens with zero attached hydrogens (tertiary/aromatic N) is 4. The van der Waals surface area contributed by atoms with Gasteiger partial charge in [0.25, 0.3) is 0 Å². The van der Waals surface area contributed by atoms with Crippen LogP contribution in [0.15, 0.2) is 35.4 Å². The minimum Gasteiger partial charge on any atom is -0.351 e. The van der Waals surface area contributed by atoms with Gasteiger partial charge in [-0.15, -0.1) is 0 Å². The van der Waals surface area contributed by atoms with Gasteiger partial charge in [-0.3, -0.25) is 4.79 Å². The lowest BCUT2D eigenvalue weighted by Gasteiger charge is -2.30. The molecule has 4 rings (SSSR count). The molecule has 1 fully saturated rings. The minimum absolute atomic E-state index is 0.00942. The molecule has 29 heavy (non-hydrogen) atoms. The van der Waals surface area contributed by atoms with E-state index in [9.17, 15) is 13.2 Å². The maximum atomic E-state index is 12.4. The summed E-state index contributed by atoms with van der Waals surface area (Å²) in [5, 5.41) is 8.26. The van der Waals surface area contributed by atoms with E-state index in [1.807, 2.05) is 0 Å². The Balaban J connectivity index is 1.69. The lowest BCUT2D eigenvalue weighted by molar-refractivity contribution is -0.118. The first-order chi connectivity index (χ1) is 13.8. The standard InChI is InChI=1S/C19H24N6O3S/c1-24-16-12-21-19(22-13-5-4-8-15(11-13)29(20,27)28)23-18(16)25(10-9-17(24)26)14-6-2-3-7-14/h4-5,8,11-12,14H,2-3,6-7,9-10H2,1H3,(H2,20,27,28)(H,21,22,23). The molecule has 3 N–H and O–H groups in total. The fraction of sp³-hybridized carbons (Fsp3) is 0.421. The number of rotatable bonds is 4. The number of nitrogens with two attached hydrogens (primary N) is 1. The molecule has 9 nitrogen and oxygen atoms in total. The van der Waals surface area contributed by atoms with Crippen LogP contribution in [0.25, 0.3) is 0 Å². The van der Waals surface area contributed by atoms with Crippen LogP contribution in [-0.4, -0.2) is 43.9 Å². The van der Waals surface area contributed by atoms with Gasteiger partial charge in [-0.25, -0.2) is 18.5 Å². The molecule has 0 unspecified atom stereocenters. The summed E-state index contributed by atoms with van der Waals surface area (Å²) in [7, 11) is -2.06. The zero-order chi connectivity index (χ0) is 20.6. The Labute approximate surface area is 170 Å². The van der Waals surface area contributed by atoms with Crippen LogP contribution in [0.5, 0.6) is 0 Å². The van der Waals surface area contributed by atoms with Crippen molar-refractivity contribution in [2.75, 3.05) is 28.7 Å². The SMILES string of the molecule is CN1C(=O)CCN(C2CCCC2)c2nc(Nc3cccc(S(N)(=O)=O)c3)ncc21. The highest BCUT2D eigenvalue weighted by Gasteiger charge is 2.31. The third-order valence-corrected chi connectivity index (χ3v) is 6.42. The van der Waals surface area contributed by atoms with Crippen molar-refractivity contribution in [3.8, 4) is 0 Å². The van der Waals surface area contributed by atoms with E-state index in [1.54, 1.807) is 30.3 Å². The van der Waals surface area contributed by atoms with Crippen molar-refractivity contribution < 1.29 is 13.2 Å². The molecule has 2 aromatic rings. The molecule has 1 amide bonds. The number of anilines is 4. The number of fused-ring (bicyclic) bond motifs is 1. The molecular formula is C19H24N6O3S. The second-order valence-corrected chi connectivity index (χ2v) is 9.00. The van der Waals surface area contributed by atoms with E-state index in [0.717, 1.165) is 18.7 Å². The van der Waals surface area contributed by atoms with E-state index in [2.05, 4.69) is 15.2 Å². The molecule has 2 aliphatic rings. The summed E-state index contributed by atoms with van der Waals surface area (Å²) in [5.74, 6) is 1.10. The van der Waals surface area contributed by atoms with Gasteiger partial charge >= 0.3 is 0 Å². The van der Waals surface area contributed by atoms with Crippen LogP contribution >= 0.6 is 0 Å². The summed E-state index contributed by atoms with van der Waals surface area (Å²) in [6, 6.07) is 6.55. The third kappa shape index (κ3) is 4.03. The Morgan fingerprint density at radius 2 is 2.00 bits per heavy atom. The second kappa shape index (κ2) is 7.60. The summed E-state index contributed by atoms with van der Waals surface area (Å²) in [6.45, 7) is 0.623. The normalized spacial score (nSPS) is 17.9. The van der Waals surface area contributed by atoms with E-state index >= 15 is 0 Å². The Bertz CT molecular complexity index is 1040. The number of aromatic nitrogens is 2. The van der Waals surface area contributed by atoms with Crippen molar-refractivity contribution in [3.05, 3.63) is 30.5 Å². The molecule has 1 aromatic carbocycles. The fourth-order valence-corrected chi connectivity index (χ4v) is 4.51. The third-order valence-electron chi connectivity index (χ3n) is 5.51. The maximum absolute atomic E-state index is 12.4. The van der Waals surface area contributed by atoms with Gasteiger partial charge in [0.1, 0.15) is 5.69 Å². The molecule has 2 heterocycles. The molecule has 1 saturated carbocycles. The molecule has 0 spiro atoms. The average molecular weight is 417 g/mol. The van der Waals surface area contributed by atoms with Gasteiger partial charge in [-0.05, 0) is 31.0 Å². The number of sulfonamides is 1. The first-order valence-electron chi connectivity index (χ1n) is 9.63. The number of nitrogens with one attached hydrogen (secondary N) is 1. The summed E-state index contributed by atoms with van der Waals surface area (Å²) >= 11 is 0. The zero-order valence-corrected chi connectivity index (χ0v) is 17.0. The largest absolute Gasteiger partial charge is 0.351 e. The van der Waals surface area contributed by atoms with Gasteiger partial charge in [0.05, 0.1) is 11.1 Å². The fourth-order valence-electron chi connectivity index (χ4n) is 3.95. The Kier molecular flexibility index (Phi) is 5.13. The first-order valence-corrected chi connectivity index (χ1v) is 11.2. The monoisotopic (exact) mass is 416 g/mol. The lowest BCUT2D eigenvalue weighted by Crippen LogP contribution is -2.34. The van der Waals surface area contributed by atoms with Crippen LogP contribution in [0.4, 0.5) is 23.1 Å². The van der Waals surface area contributed by atoms with E-state index in [4.69, 9.17) is 10.1 Å². The summed E-state index contributed by atoms with van der Waals surface area (Å²) < 4.78 is 23.2. The van der Waals surface area contributed by atoms with Crippen LogP contribution in [0.2, 0.25) is 0 Å². The van der Waals surface area contributed by atoms with Gasteiger partial charge in [0, 0.05) is 31.7 Å². The number of benzene rings is 1. The summed E-state index contributed by atoms with van der Waals surface area (Å²) in [4.78, 5) is 25.3. The predicted octanol–water partition coefficient (Wildman–Crippen LogP) is 1.98. The molecule has 1 aromatic heterocycles. The molecule has 0 radical (unpaired) electrons. The van der Waals surface area contributed by atoms with Crippen LogP contribution < -0.4 is 20.3 Å². The van der Waals surface area contributed by atoms with Gasteiger partial charge in [0.15, 0.2) is 5.82 Å². The average Bonchev–Trinajstić information content (AvgIpc) is 3.18. The molecule has 0 atom stereocenters. The number of amides is 1. The molecule has 0 saturated heterocycles. The van der Waals surface area contributed by atoms with E-state index < -0.39 is 10.0 Å². The smallest absolute Gasteiger partial charge is 0.238 e. The highest BCUT2D eigenvalue weighted by Crippen LogP contribution is 2.36. The molecule has 0 bridgehead atoms. The summed E-state index contributed by atoms with van der Waals surface area (Å²) in [6.07, 6.45) is 6.59. The van der Waals surface area contributed by atoms with E-state index in [0.29, 0.717) is 36.3 Å². The van der Waals surface area contributed by atoms with Crippen molar-refractivity contribution in [2.24, 2.45) is 5.14 Å². The molecule has 1 aliphatic carbocycles. The first kappa shape index (κ1) is 19.6. The van der Waals surface area contributed by atoms with Crippen molar-refractivity contribution in [1.29, 1.82) is 0 Å². The van der Waals surface area contributed by atoms with Crippen LogP contribution in [0, 0.1) is 0 Å². The van der Waals surface area contributed by atoms with Crippen LogP contribution in [0.3, 0.4) is 0 Å². The molecule has 1 aliphatic heterocycles. The van der Waals surface area contributed by atoms with Crippen LogP contribution in [-0.2, 0) is 14.8 Å².